The number of ether oxygens (including phenoxy) is 1. The van der Waals surface area contributed by atoms with Crippen LogP contribution in [0.25, 0.3) is 0 Å². The van der Waals surface area contributed by atoms with Gasteiger partial charge in [0.15, 0.2) is 5.82 Å². The molecule has 1 fully saturated rings. The van der Waals surface area contributed by atoms with E-state index < -0.39 is 0 Å². The highest BCUT2D eigenvalue weighted by Crippen LogP contribution is 2.16. The van der Waals surface area contributed by atoms with Gasteiger partial charge in [0.05, 0.1) is 12.8 Å². The van der Waals surface area contributed by atoms with Crippen LogP contribution < -0.4 is 10.6 Å². The number of nitrogens with one attached hydrogen (secondary N) is 2. The minimum atomic E-state index is -0.228. The smallest absolute Gasteiger partial charge is 0.409 e. The highest BCUT2D eigenvalue weighted by molar-refractivity contribution is 5.67. The lowest BCUT2D eigenvalue weighted by molar-refractivity contribution is 0.0983. The first-order valence-electron chi connectivity index (χ1n) is 8.85. The van der Waals surface area contributed by atoms with Gasteiger partial charge in [-0.2, -0.15) is 10.1 Å². The average molecular weight is 351 g/mol. The van der Waals surface area contributed by atoms with Crippen molar-refractivity contribution in [3.63, 3.8) is 0 Å². The van der Waals surface area contributed by atoms with Crippen molar-refractivity contribution in [2.75, 3.05) is 57.5 Å². The number of anilines is 2. The number of carbonyl (C=O) groups excluding carboxylic acids is 1. The van der Waals surface area contributed by atoms with E-state index in [1.807, 2.05) is 6.92 Å². The molecule has 0 unspecified atom stereocenters. The SMILES string of the molecule is CCOC(=O)N1CCC(Nc2cnnc(NCCCN(C)C)n2)CC1. The molecule has 0 radical (unpaired) electrons. The highest BCUT2D eigenvalue weighted by atomic mass is 16.6. The van der Waals surface area contributed by atoms with Gasteiger partial charge >= 0.3 is 6.09 Å². The quantitative estimate of drug-likeness (QED) is 0.676. The molecule has 1 aromatic heterocycles. The Bertz CT molecular complexity index is 533. The van der Waals surface area contributed by atoms with E-state index in [0.29, 0.717) is 31.5 Å². The van der Waals surface area contributed by atoms with Crippen molar-refractivity contribution < 1.29 is 9.53 Å². The molecule has 9 nitrogen and oxygen atoms in total. The van der Waals surface area contributed by atoms with Crippen molar-refractivity contribution in [2.24, 2.45) is 0 Å². The van der Waals surface area contributed by atoms with E-state index in [1.54, 1.807) is 11.1 Å². The maximum Gasteiger partial charge on any atom is 0.409 e. The summed E-state index contributed by atoms with van der Waals surface area (Å²) in [5.74, 6) is 1.24. The standard InChI is InChI=1S/C16H29N7O2/c1-4-25-16(24)23-10-6-13(7-11-23)19-14-12-18-21-15(20-14)17-8-5-9-22(2)3/h12-13H,4-11H2,1-3H3,(H2,17,19,20,21). The lowest BCUT2D eigenvalue weighted by atomic mass is 10.1. The summed E-state index contributed by atoms with van der Waals surface area (Å²) in [6.45, 7) is 5.42. The van der Waals surface area contributed by atoms with Gasteiger partial charge in [0, 0.05) is 25.7 Å². The summed E-state index contributed by atoms with van der Waals surface area (Å²) in [6, 6.07) is 0.268. The molecule has 0 aliphatic carbocycles. The van der Waals surface area contributed by atoms with Gasteiger partial charge in [-0.05, 0) is 46.8 Å². The maximum atomic E-state index is 11.7. The van der Waals surface area contributed by atoms with Crippen LogP contribution in [0.2, 0.25) is 0 Å². The van der Waals surface area contributed by atoms with Crippen LogP contribution in [0.3, 0.4) is 0 Å². The van der Waals surface area contributed by atoms with Crippen LogP contribution in [-0.2, 0) is 4.74 Å². The van der Waals surface area contributed by atoms with Gasteiger partial charge in [0.2, 0.25) is 5.95 Å². The number of piperidine rings is 1. The monoisotopic (exact) mass is 351 g/mol. The number of hydrogen-bond acceptors (Lipinski definition) is 8. The van der Waals surface area contributed by atoms with Gasteiger partial charge in [-0.15, -0.1) is 5.10 Å². The molecule has 0 atom stereocenters. The van der Waals surface area contributed by atoms with E-state index in [9.17, 15) is 4.79 Å². The van der Waals surface area contributed by atoms with E-state index >= 15 is 0 Å². The van der Waals surface area contributed by atoms with Crippen LogP contribution in [0.4, 0.5) is 16.6 Å². The third-order valence-corrected chi connectivity index (χ3v) is 4.00. The van der Waals surface area contributed by atoms with E-state index in [1.165, 1.54) is 0 Å². The van der Waals surface area contributed by atoms with Crippen molar-refractivity contribution >= 4 is 17.9 Å². The summed E-state index contributed by atoms with van der Waals surface area (Å²) < 4.78 is 5.04. The zero-order valence-corrected chi connectivity index (χ0v) is 15.4. The van der Waals surface area contributed by atoms with Crippen molar-refractivity contribution in [1.82, 2.24) is 25.0 Å². The van der Waals surface area contributed by atoms with E-state index in [0.717, 1.165) is 32.4 Å². The summed E-state index contributed by atoms with van der Waals surface area (Å²) in [4.78, 5) is 20.1. The molecule has 1 aliphatic heterocycles. The second-order valence-corrected chi connectivity index (χ2v) is 6.35. The lowest BCUT2D eigenvalue weighted by Crippen LogP contribution is -2.42. The third-order valence-electron chi connectivity index (χ3n) is 4.00. The molecular weight excluding hydrogens is 322 g/mol. The fraction of sp³-hybridized carbons (Fsp3) is 0.750. The summed E-state index contributed by atoms with van der Waals surface area (Å²) in [7, 11) is 4.10. The Morgan fingerprint density at radius 3 is 2.84 bits per heavy atom. The second kappa shape index (κ2) is 9.97. The van der Waals surface area contributed by atoms with Crippen LogP contribution in [0, 0.1) is 0 Å². The lowest BCUT2D eigenvalue weighted by Gasteiger charge is -2.31. The fourth-order valence-electron chi connectivity index (χ4n) is 2.67. The molecule has 2 N–H and O–H groups in total. The largest absolute Gasteiger partial charge is 0.450 e. The number of likely N-dealkylation sites (tertiary alicyclic amines) is 1. The molecule has 1 aliphatic rings. The summed E-state index contributed by atoms with van der Waals surface area (Å²) in [6.07, 6.45) is 4.13. The number of aromatic nitrogens is 3. The highest BCUT2D eigenvalue weighted by Gasteiger charge is 2.23. The molecule has 140 valence electrons. The Kier molecular flexibility index (Phi) is 7.65. The zero-order valence-electron chi connectivity index (χ0n) is 15.4. The number of rotatable bonds is 8. The molecule has 9 heteroatoms. The zero-order chi connectivity index (χ0) is 18.1. The van der Waals surface area contributed by atoms with Gasteiger partial charge in [0.25, 0.3) is 0 Å². The number of hydrogen-bond donors (Lipinski definition) is 2. The Hall–Kier alpha value is -2.16. The Balaban J connectivity index is 1.76. The number of carbonyl (C=O) groups is 1. The van der Waals surface area contributed by atoms with Crippen LogP contribution in [0.15, 0.2) is 6.20 Å². The molecule has 2 rings (SSSR count). The minimum Gasteiger partial charge on any atom is -0.450 e. The Labute approximate surface area is 149 Å². The second-order valence-electron chi connectivity index (χ2n) is 6.35. The van der Waals surface area contributed by atoms with Crippen molar-refractivity contribution in [2.45, 2.75) is 32.2 Å². The number of amides is 1. The Morgan fingerprint density at radius 1 is 1.40 bits per heavy atom. The molecule has 1 aromatic rings. The molecule has 0 bridgehead atoms. The molecule has 0 saturated carbocycles. The van der Waals surface area contributed by atoms with Crippen molar-refractivity contribution in [3.05, 3.63) is 6.20 Å². The number of nitrogens with zero attached hydrogens (tertiary/aromatic N) is 5. The van der Waals surface area contributed by atoms with Gasteiger partial charge < -0.3 is 25.2 Å². The first-order valence-corrected chi connectivity index (χ1v) is 8.85. The summed E-state index contributed by atoms with van der Waals surface area (Å²) in [5.41, 5.74) is 0. The van der Waals surface area contributed by atoms with Crippen molar-refractivity contribution in [3.8, 4) is 0 Å². The predicted molar refractivity (Wildman–Crippen MR) is 96.7 cm³/mol. The Morgan fingerprint density at radius 2 is 2.16 bits per heavy atom. The van der Waals surface area contributed by atoms with E-state index in [4.69, 9.17) is 4.74 Å². The molecule has 1 saturated heterocycles. The normalized spacial score (nSPS) is 15.3. The molecular formula is C16H29N7O2. The topological polar surface area (TPSA) is 95.5 Å². The molecule has 0 spiro atoms. The van der Waals surface area contributed by atoms with Crippen LogP contribution in [0.5, 0.6) is 0 Å². The van der Waals surface area contributed by atoms with Crippen LogP contribution in [0.1, 0.15) is 26.2 Å². The van der Waals surface area contributed by atoms with Crippen LogP contribution >= 0.6 is 0 Å². The van der Waals surface area contributed by atoms with Gasteiger partial charge in [-0.1, -0.05) is 0 Å². The maximum absolute atomic E-state index is 11.7. The molecule has 25 heavy (non-hydrogen) atoms. The van der Waals surface area contributed by atoms with E-state index in [2.05, 4.69) is 44.8 Å². The van der Waals surface area contributed by atoms with Gasteiger partial charge in [0.1, 0.15) is 0 Å². The molecule has 1 amide bonds. The summed E-state index contributed by atoms with van der Waals surface area (Å²) >= 11 is 0. The molecule has 0 aromatic carbocycles. The van der Waals surface area contributed by atoms with Crippen LogP contribution in [-0.4, -0.2) is 84.0 Å². The minimum absolute atomic E-state index is 0.228. The molecule has 2 heterocycles. The fourth-order valence-corrected chi connectivity index (χ4v) is 2.67. The average Bonchev–Trinajstić information content (AvgIpc) is 2.60. The first kappa shape index (κ1) is 19.2. The van der Waals surface area contributed by atoms with Crippen molar-refractivity contribution in [1.29, 1.82) is 0 Å². The summed E-state index contributed by atoms with van der Waals surface area (Å²) in [5, 5.41) is 14.6. The first-order chi connectivity index (χ1) is 12.1. The van der Waals surface area contributed by atoms with Gasteiger partial charge in [-0.25, -0.2) is 4.79 Å². The van der Waals surface area contributed by atoms with E-state index in [-0.39, 0.29) is 12.1 Å². The third kappa shape index (κ3) is 6.69. The predicted octanol–water partition coefficient (Wildman–Crippen LogP) is 1.27. The van der Waals surface area contributed by atoms with Gasteiger partial charge in [-0.3, -0.25) is 0 Å².